The van der Waals surface area contributed by atoms with Gasteiger partial charge in [-0.1, -0.05) is 23.7 Å². The van der Waals surface area contributed by atoms with Crippen molar-refractivity contribution in [3.63, 3.8) is 0 Å². The van der Waals surface area contributed by atoms with E-state index in [4.69, 9.17) is 11.6 Å². The van der Waals surface area contributed by atoms with E-state index in [2.05, 4.69) is 5.43 Å². The van der Waals surface area contributed by atoms with Crippen LogP contribution in [0.5, 0.6) is 0 Å². The first-order valence-electron chi connectivity index (χ1n) is 4.57. The van der Waals surface area contributed by atoms with E-state index in [0.717, 1.165) is 0 Å². The summed E-state index contributed by atoms with van der Waals surface area (Å²) in [4.78, 5) is 0. The van der Waals surface area contributed by atoms with Gasteiger partial charge in [-0.15, -0.1) is 0 Å². The van der Waals surface area contributed by atoms with Crippen molar-refractivity contribution >= 4 is 11.6 Å². The maximum Gasteiger partial charge on any atom is 0.146 e. The van der Waals surface area contributed by atoms with E-state index in [0.29, 0.717) is 12.1 Å². The van der Waals surface area contributed by atoms with Crippen molar-refractivity contribution in [1.82, 2.24) is 4.68 Å². The molecule has 2 aromatic rings. The van der Waals surface area contributed by atoms with Crippen LogP contribution in [0.25, 0.3) is 0 Å². The molecule has 0 saturated carbocycles. The highest BCUT2D eigenvalue weighted by Gasteiger charge is 2.04. The molecule has 0 spiro atoms. The van der Waals surface area contributed by atoms with Crippen LogP contribution in [0.3, 0.4) is 0 Å². The summed E-state index contributed by atoms with van der Waals surface area (Å²) < 4.78 is 15.2. The minimum Gasteiger partial charge on any atom is -0.322 e. The zero-order chi connectivity index (χ0) is 10.7. The number of hydrogen-bond acceptors (Lipinski definition) is 1. The molecule has 0 fully saturated rings. The van der Waals surface area contributed by atoms with E-state index in [1.54, 1.807) is 16.8 Å². The maximum atomic E-state index is 13.4. The summed E-state index contributed by atoms with van der Waals surface area (Å²) in [6.07, 6.45) is 3.70. The summed E-state index contributed by atoms with van der Waals surface area (Å²) in [5.74, 6) is -0.362. The Balaban J connectivity index is 2.08. The fourth-order valence-electron chi connectivity index (χ4n) is 1.30. The third-order valence-corrected chi connectivity index (χ3v) is 2.38. The SMILES string of the molecule is Fc1c(Cl)cccc1CNn1cccc1. The molecule has 1 aromatic heterocycles. The summed E-state index contributed by atoms with van der Waals surface area (Å²) in [5, 5.41) is 0.154. The van der Waals surface area contributed by atoms with Crippen molar-refractivity contribution in [2.24, 2.45) is 0 Å². The number of benzene rings is 1. The molecular weight excluding hydrogens is 215 g/mol. The van der Waals surface area contributed by atoms with Gasteiger partial charge in [-0.05, 0) is 18.2 Å². The van der Waals surface area contributed by atoms with Crippen LogP contribution in [0.1, 0.15) is 5.56 Å². The van der Waals surface area contributed by atoms with Crippen molar-refractivity contribution < 1.29 is 4.39 Å². The fraction of sp³-hybridized carbons (Fsp3) is 0.0909. The normalized spacial score (nSPS) is 10.3. The first-order valence-corrected chi connectivity index (χ1v) is 4.95. The second-order valence-corrected chi connectivity index (χ2v) is 3.55. The highest BCUT2D eigenvalue weighted by Crippen LogP contribution is 2.17. The summed E-state index contributed by atoms with van der Waals surface area (Å²) in [6, 6.07) is 8.76. The molecule has 0 aliphatic rings. The van der Waals surface area contributed by atoms with E-state index in [9.17, 15) is 4.39 Å². The second kappa shape index (κ2) is 4.36. The molecule has 0 unspecified atom stereocenters. The largest absolute Gasteiger partial charge is 0.322 e. The van der Waals surface area contributed by atoms with Gasteiger partial charge in [0.15, 0.2) is 0 Å². The average molecular weight is 225 g/mol. The maximum absolute atomic E-state index is 13.4. The summed E-state index contributed by atoms with van der Waals surface area (Å²) >= 11 is 5.66. The molecule has 78 valence electrons. The predicted octanol–water partition coefficient (Wildman–Crippen LogP) is 3.02. The Morgan fingerprint density at radius 1 is 1.20 bits per heavy atom. The molecule has 0 aliphatic carbocycles. The molecule has 0 radical (unpaired) electrons. The lowest BCUT2D eigenvalue weighted by molar-refractivity contribution is 0.609. The number of nitrogens with one attached hydrogen (secondary N) is 1. The zero-order valence-electron chi connectivity index (χ0n) is 7.95. The highest BCUT2D eigenvalue weighted by atomic mass is 35.5. The number of hydrogen-bond donors (Lipinski definition) is 1. The molecule has 2 nitrogen and oxygen atoms in total. The van der Waals surface area contributed by atoms with Gasteiger partial charge in [0.25, 0.3) is 0 Å². The lowest BCUT2D eigenvalue weighted by Gasteiger charge is -2.08. The standard InChI is InChI=1S/C11H10ClFN2/c12-10-5-3-4-9(11(10)13)8-14-15-6-1-2-7-15/h1-7,14H,8H2. The van der Waals surface area contributed by atoms with Crippen molar-refractivity contribution in [3.8, 4) is 0 Å². The minimum absolute atomic E-state index is 0.154. The highest BCUT2D eigenvalue weighted by molar-refractivity contribution is 6.30. The molecule has 1 N–H and O–H groups in total. The Bertz CT molecular complexity index is 440. The van der Waals surface area contributed by atoms with E-state index < -0.39 is 0 Å². The lowest BCUT2D eigenvalue weighted by atomic mass is 10.2. The topological polar surface area (TPSA) is 17.0 Å². The van der Waals surface area contributed by atoms with Gasteiger partial charge >= 0.3 is 0 Å². The van der Waals surface area contributed by atoms with Crippen molar-refractivity contribution in [2.45, 2.75) is 6.54 Å². The number of halogens is 2. The second-order valence-electron chi connectivity index (χ2n) is 3.14. The van der Waals surface area contributed by atoms with E-state index in [1.165, 1.54) is 6.07 Å². The first kappa shape index (κ1) is 10.1. The predicted molar refractivity (Wildman–Crippen MR) is 58.9 cm³/mol. The molecular formula is C11H10ClFN2. The molecule has 15 heavy (non-hydrogen) atoms. The minimum atomic E-state index is -0.362. The quantitative estimate of drug-likeness (QED) is 0.848. The lowest BCUT2D eigenvalue weighted by Crippen LogP contribution is -2.12. The smallest absolute Gasteiger partial charge is 0.146 e. The van der Waals surface area contributed by atoms with E-state index >= 15 is 0 Å². The summed E-state index contributed by atoms with van der Waals surface area (Å²) in [5.41, 5.74) is 3.58. The Hall–Kier alpha value is -1.48. The van der Waals surface area contributed by atoms with Gasteiger partial charge in [-0.3, -0.25) is 4.68 Å². The van der Waals surface area contributed by atoms with Crippen LogP contribution in [-0.2, 0) is 6.54 Å². The van der Waals surface area contributed by atoms with Crippen LogP contribution < -0.4 is 5.43 Å². The molecule has 0 aliphatic heterocycles. The average Bonchev–Trinajstić information content (AvgIpc) is 2.73. The van der Waals surface area contributed by atoms with Crippen LogP contribution in [0.4, 0.5) is 4.39 Å². The fourth-order valence-corrected chi connectivity index (χ4v) is 1.50. The van der Waals surface area contributed by atoms with Gasteiger partial charge < -0.3 is 5.43 Å². The molecule has 0 saturated heterocycles. The van der Waals surface area contributed by atoms with Crippen LogP contribution in [0.2, 0.25) is 5.02 Å². The van der Waals surface area contributed by atoms with Gasteiger partial charge in [-0.25, -0.2) is 4.39 Å². The number of aromatic nitrogens is 1. The molecule has 2 rings (SSSR count). The van der Waals surface area contributed by atoms with Crippen LogP contribution in [0.15, 0.2) is 42.7 Å². The van der Waals surface area contributed by atoms with E-state index in [-0.39, 0.29) is 10.8 Å². The number of nitrogens with zero attached hydrogens (tertiary/aromatic N) is 1. The van der Waals surface area contributed by atoms with Crippen molar-refractivity contribution in [2.75, 3.05) is 5.43 Å². The van der Waals surface area contributed by atoms with Gasteiger partial charge in [0.1, 0.15) is 5.82 Å². The molecule has 1 aromatic carbocycles. The van der Waals surface area contributed by atoms with Crippen molar-refractivity contribution in [3.05, 3.63) is 59.1 Å². The van der Waals surface area contributed by atoms with Crippen LogP contribution in [-0.4, -0.2) is 4.68 Å². The Kier molecular flexibility index (Phi) is 2.92. The Morgan fingerprint density at radius 2 is 1.93 bits per heavy atom. The van der Waals surface area contributed by atoms with Gasteiger partial charge in [0.2, 0.25) is 0 Å². The third kappa shape index (κ3) is 2.30. The molecule has 0 bridgehead atoms. The van der Waals surface area contributed by atoms with Crippen molar-refractivity contribution in [1.29, 1.82) is 0 Å². The Morgan fingerprint density at radius 3 is 2.67 bits per heavy atom. The molecule has 4 heteroatoms. The van der Waals surface area contributed by atoms with E-state index in [1.807, 2.05) is 24.5 Å². The number of rotatable bonds is 3. The molecule has 0 amide bonds. The summed E-state index contributed by atoms with van der Waals surface area (Å²) in [6.45, 7) is 0.404. The van der Waals surface area contributed by atoms with Crippen LogP contribution in [0, 0.1) is 5.82 Å². The zero-order valence-corrected chi connectivity index (χ0v) is 8.71. The van der Waals surface area contributed by atoms with Gasteiger partial charge in [0, 0.05) is 18.0 Å². The van der Waals surface area contributed by atoms with Crippen LogP contribution >= 0.6 is 11.6 Å². The van der Waals surface area contributed by atoms with Gasteiger partial charge in [-0.2, -0.15) is 0 Å². The molecule has 1 heterocycles. The first-order chi connectivity index (χ1) is 7.27. The molecule has 0 atom stereocenters. The Labute approximate surface area is 92.3 Å². The van der Waals surface area contributed by atoms with Gasteiger partial charge in [0.05, 0.1) is 11.6 Å². The summed E-state index contributed by atoms with van der Waals surface area (Å²) in [7, 11) is 0. The third-order valence-electron chi connectivity index (χ3n) is 2.09. The monoisotopic (exact) mass is 224 g/mol.